The highest BCUT2D eigenvalue weighted by Gasteiger charge is 2.32. The number of fused-ring (bicyclic) bond motifs is 7. The maximum atomic E-state index is 11.3. The van der Waals surface area contributed by atoms with Crippen LogP contribution < -0.4 is 0 Å². The lowest BCUT2D eigenvalue weighted by Gasteiger charge is -2.22. The molecule has 6 rings (SSSR count). The highest BCUT2D eigenvalue weighted by molar-refractivity contribution is 9.10. The zero-order valence-electron chi connectivity index (χ0n) is 15.7. The summed E-state index contributed by atoms with van der Waals surface area (Å²) >= 11 is 3.63. The smallest absolute Gasteiger partial charge is 0.0798 e. The van der Waals surface area contributed by atoms with Gasteiger partial charge in [0.25, 0.3) is 0 Å². The van der Waals surface area contributed by atoms with E-state index < -0.39 is 0 Å². The first-order valence-corrected chi connectivity index (χ1v) is 11.3. The summed E-state index contributed by atoms with van der Waals surface area (Å²) in [7, 11) is 0. The van der Waals surface area contributed by atoms with Crippen molar-refractivity contribution in [3.05, 3.63) is 58.6 Å². The third-order valence-corrected chi connectivity index (χ3v) is 7.56. The van der Waals surface area contributed by atoms with Crippen LogP contribution in [0.3, 0.4) is 0 Å². The Morgan fingerprint density at radius 3 is 2.30 bits per heavy atom. The molecule has 0 heterocycles. The second-order valence-electron chi connectivity index (χ2n) is 8.85. The molecule has 3 aromatic rings. The van der Waals surface area contributed by atoms with Gasteiger partial charge in [0, 0.05) is 4.47 Å². The summed E-state index contributed by atoms with van der Waals surface area (Å²) in [5.74, 6) is 2.49. The van der Waals surface area contributed by atoms with Crippen molar-refractivity contribution in [1.82, 2.24) is 0 Å². The minimum absolute atomic E-state index is 0.374. The van der Waals surface area contributed by atoms with Crippen LogP contribution in [0.25, 0.3) is 21.5 Å². The van der Waals surface area contributed by atoms with Gasteiger partial charge in [0.1, 0.15) is 0 Å². The van der Waals surface area contributed by atoms with Gasteiger partial charge in [-0.15, -0.1) is 0 Å². The van der Waals surface area contributed by atoms with Gasteiger partial charge < -0.3 is 5.11 Å². The molecular weight excluding hydrogens is 396 g/mol. The molecule has 3 fully saturated rings. The maximum absolute atomic E-state index is 11.3. The van der Waals surface area contributed by atoms with E-state index in [0.717, 1.165) is 28.3 Å². The summed E-state index contributed by atoms with van der Waals surface area (Å²) in [6.07, 6.45) is 8.87. The van der Waals surface area contributed by atoms with Gasteiger partial charge in [0.05, 0.1) is 6.10 Å². The van der Waals surface area contributed by atoms with Crippen LogP contribution in [0, 0.1) is 17.8 Å². The van der Waals surface area contributed by atoms with Gasteiger partial charge in [0.2, 0.25) is 0 Å². The van der Waals surface area contributed by atoms with E-state index in [4.69, 9.17) is 0 Å². The van der Waals surface area contributed by atoms with E-state index in [2.05, 4.69) is 64.5 Å². The first-order valence-electron chi connectivity index (χ1n) is 10.5. The van der Waals surface area contributed by atoms with Crippen molar-refractivity contribution in [3.8, 4) is 0 Å². The van der Waals surface area contributed by atoms with Gasteiger partial charge in [-0.05, 0) is 82.3 Å². The third kappa shape index (κ3) is 3.43. The zero-order chi connectivity index (χ0) is 18.4. The van der Waals surface area contributed by atoms with Crippen LogP contribution in [0.4, 0.5) is 0 Å². The van der Waals surface area contributed by atoms with Gasteiger partial charge in [-0.2, -0.15) is 0 Å². The standard InChI is InChI=1S/C25H27BrO/c26-20-9-10-22-23(15-20)21-4-2-1-3-19(21)14-24(22)25(27)13-18-11-16-5-6-17(12-18)8-7-16/h1-4,9-10,14-18,25,27H,5-8,11-13H2. The Kier molecular flexibility index (Phi) is 4.73. The fraction of sp³-hybridized carbons (Fsp3) is 0.440. The summed E-state index contributed by atoms with van der Waals surface area (Å²) in [6.45, 7) is 0. The summed E-state index contributed by atoms with van der Waals surface area (Å²) in [5, 5.41) is 16.2. The largest absolute Gasteiger partial charge is 0.388 e. The highest BCUT2D eigenvalue weighted by Crippen LogP contribution is 2.45. The second kappa shape index (κ2) is 7.22. The number of halogens is 1. The van der Waals surface area contributed by atoms with Crippen LogP contribution in [-0.4, -0.2) is 5.11 Å². The van der Waals surface area contributed by atoms with Gasteiger partial charge >= 0.3 is 0 Å². The lowest BCUT2D eigenvalue weighted by Crippen LogP contribution is -2.10. The molecule has 1 nitrogen and oxygen atoms in total. The monoisotopic (exact) mass is 422 g/mol. The molecule has 0 aromatic heterocycles. The van der Waals surface area contributed by atoms with Crippen LogP contribution in [-0.2, 0) is 0 Å². The lowest BCUT2D eigenvalue weighted by molar-refractivity contribution is 0.136. The van der Waals surface area contributed by atoms with Crippen LogP contribution >= 0.6 is 15.9 Å². The molecule has 2 bridgehead atoms. The number of aliphatic hydroxyl groups excluding tert-OH is 1. The lowest BCUT2D eigenvalue weighted by atomic mass is 9.84. The Labute approximate surface area is 169 Å². The van der Waals surface area contributed by atoms with Crippen molar-refractivity contribution in [2.75, 3.05) is 0 Å². The van der Waals surface area contributed by atoms with E-state index in [-0.39, 0.29) is 6.10 Å². The van der Waals surface area contributed by atoms with Crippen LogP contribution in [0.5, 0.6) is 0 Å². The number of hydrogen-bond acceptors (Lipinski definition) is 1. The molecule has 0 saturated heterocycles. The Hall–Kier alpha value is -1.38. The SMILES string of the molecule is OC(CC1CC2CCC(CC2)C1)c1cc2ccccc2c2cc(Br)ccc12. The Balaban J connectivity index is 1.53. The molecule has 0 aliphatic heterocycles. The van der Waals surface area contributed by atoms with Crippen LogP contribution in [0.2, 0.25) is 0 Å². The molecule has 0 spiro atoms. The molecule has 3 aliphatic carbocycles. The minimum atomic E-state index is -0.374. The van der Waals surface area contributed by atoms with Crippen molar-refractivity contribution in [2.24, 2.45) is 17.8 Å². The van der Waals surface area contributed by atoms with E-state index in [0.29, 0.717) is 5.92 Å². The fourth-order valence-corrected chi connectivity index (χ4v) is 6.12. The Morgan fingerprint density at radius 1 is 0.852 bits per heavy atom. The fourth-order valence-electron chi connectivity index (χ4n) is 5.76. The van der Waals surface area contributed by atoms with Crippen LogP contribution in [0.1, 0.15) is 56.6 Å². The molecule has 1 N–H and O–H groups in total. The molecule has 27 heavy (non-hydrogen) atoms. The summed E-state index contributed by atoms with van der Waals surface area (Å²) < 4.78 is 1.09. The van der Waals surface area contributed by atoms with Gasteiger partial charge in [-0.3, -0.25) is 0 Å². The van der Waals surface area contributed by atoms with E-state index in [1.165, 1.54) is 60.1 Å². The average Bonchev–Trinajstić information content (AvgIpc) is 2.99. The van der Waals surface area contributed by atoms with E-state index in [1.54, 1.807) is 0 Å². The molecule has 1 unspecified atom stereocenters. The third-order valence-electron chi connectivity index (χ3n) is 7.07. The van der Waals surface area contributed by atoms with E-state index in [9.17, 15) is 5.11 Å². The van der Waals surface area contributed by atoms with E-state index in [1.807, 2.05) is 0 Å². The van der Waals surface area contributed by atoms with Crippen molar-refractivity contribution >= 4 is 37.5 Å². The molecule has 3 saturated carbocycles. The first kappa shape index (κ1) is 17.7. The maximum Gasteiger partial charge on any atom is 0.0798 e. The quantitative estimate of drug-likeness (QED) is 0.435. The number of rotatable bonds is 3. The minimum Gasteiger partial charge on any atom is -0.388 e. The predicted molar refractivity (Wildman–Crippen MR) is 117 cm³/mol. The number of hydrogen-bond donors (Lipinski definition) is 1. The predicted octanol–water partition coefficient (Wildman–Crippen LogP) is 7.40. The highest BCUT2D eigenvalue weighted by atomic mass is 79.9. The molecular formula is C25H27BrO. The van der Waals surface area contributed by atoms with Gasteiger partial charge in [-0.25, -0.2) is 0 Å². The second-order valence-corrected chi connectivity index (χ2v) is 9.77. The number of aliphatic hydroxyl groups is 1. The average molecular weight is 423 g/mol. The van der Waals surface area contributed by atoms with E-state index >= 15 is 0 Å². The number of benzene rings is 3. The van der Waals surface area contributed by atoms with Gasteiger partial charge in [-0.1, -0.05) is 71.9 Å². The van der Waals surface area contributed by atoms with Crippen LogP contribution in [0.15, 0.2) is 53.0 Å². The Bertz CT molecular complexity index is 957. The molecule has 140 valence electrons. The van der Waals surface area contributed by atoms with Crippen molar-refractivity contribution in [1.29, 1.82) is 0 Å². The van der Waals surface area contributed by atoms with Gasteiger partial charge in [0.15, 0.2) is 0 Å². The molecule has 2 heteroatoms. The normalized spacial score (nSPS) is 26.4. The summed E-state index contributed by atoms with van der Waals surface area (Å²) in [4.78, 5) is 0. The topological polar surface area (TPSA) is 20.2 Å². The molecule has 0 amide bonds. The summed E-state index contributed by atoms with van der Waals surface area (Å²) in [6, 6.07) is 17.2. The molecule has 1 atom stereocenters. The first-order chi connectivity index (χ1) is 13.2. The molecule has 3 aliphatic rings. The van der Waals surface area contributed by atoms with Crippen molar-refractivity contribution in [3.63, 3.8) is 0 Å². The summed E-state index contributed by atoms with van der Waals surface area (Å²) in [5.41, 5.74) is 1.10. The Morgan fingerprint density at radius 2 is 1.56 bits per heavy atom. The molecule has 3 aromatic carbocycles. The van der Waals surface area contributed by atoms with Crippen molar-refractivity contribution < 1.29 is 5.11 Å². The van der Waals surface area contributed by atoms with Crippen molar-refractivity contribution in [2.45, 2.75) is 51.0 Å². The zero-order valence-corrected chi connectivity index (χ0v) is 17.3. The molecule has 0 radical (unpaired) electrons.